The number of hydrogen-bond donors (Lipinski definition) is 2. The fourth-order valence-electron chi connectivity index (χ4n) is 2.46. The molecule has 0 radical (unpaired) electrons. The van der Waals surface area contributed by atoms with Crippen LogP contribution in [-0.4, -0.2) is 81.4 Å². The predicted molar refractivity (Wildman–Crippen MR) is 92.7 cm³/mol. The van der Waals surface area contributed by atoms with E-state index >= 15 is 0 Å². The van der Waals surface area contributed by atoms with Crippen LogP contribution in [0.2, 0.25) is 0 Å². The molecule has 1 saturated heterocycles. The molecule has 2 rings (SSSR count). The van der Waals surface area contributed by atoms with Gasteiger partial charge in [0.25, 0.3) is 11.8 Å². The van der Waals surface area contributed by atoms with Crippen molar-refractivity contribution in [3.05, 3.63) is 29.6 Å². The molecule has 1 aliphatic heterocycles. The summed E-state index contributed by atoms with van der Waals surface area (Å²) in [5.41, 5.74) is 0.664. The Morgan fingerprint density at radius 2 is 2.00 bits per heavy atom. The fraction of sp³-hybridized carbons (Fsp3) is 0.588. The van der Waals surface area contributed by atoms with Crippen LogP contribution in [0.3, 0.4) is 0 Å². The molecule has 0 spiro atoms. The largest absolute Gasteiger partial charge is 0.385 e. The number of morpholine rings is 1. The van der Waals surface area contributed by atoms with Crippen molar-refractivity contribution in [1.82, 2.24) is 20.5 Å². The van der Waals surface area contributed by atoms with E-state index in [9.17, 15) is 9.59 Å². The summed E-state index contributed by atoms with van der Waals surface area (Å²) >= 11 is 0. The van der Waals surface area contributed by atoms with Crippen LogP contribution in [0.15, 0.2) is 18.3 Å². The van der Waals surface area contributed by atoms with Crippen LogP contribution in [0.5, 0.6) is 0 Å². The molecule has 0 aliphatic carbocycles. The van der Waals surface area contributed by atoms with Gasteiger partial charge in [-0.2, -0.15) is 0 Å². The lowest BCUT2D eigenvalue weighted by Crippen LogP contribution is -2.41. The minimum Gasteiger partial charge on any atom is -0.385 e. The van der Waals surface area contributed by atoms with Crippen LogP contribution >= 0.6 is 0 Å². The third-order valence-electron chi connectivity index (χ3n) is 3.88. The number of nitrogens with zero attached hydrogens (tertiary/aromatic N) is 2. The maximum Gasteiger partial charge on any atom is 0.269 e. The maximum absolute atomic E-state index is 12.2. The molecule has 8 heteroatoms. The summed E-state index contributed by atoms with van der Waals surface area (Å²) in [5, 5.41) is 5.63. The first kappa shape index (κ1) is 19.3. The average molecular weight is 350 g/mol. The van der Waals surface area contributed by atoms with Crippen molar-refractivity contribution in [2.45, 2.75) is 6.42 Å². The Hall–Kier alpha value is -2.03. The van der Waals surface area contributed by atoms with E-state index in [4.69, 9.17) is 9.47 Å². The summed E-state index contributed by atoms with van der Waals surface area (Å²) in [4.78, 5) is 30.5. The van der Waals surface area contributed by atoms with E-state index in [1.54, 1.807) is 13.2 Å². The lowest BCUT2D eigenvalue weighted by molar-refractivity contribution is 0.0383. The minimum atomic E-state index is -0.293. The number of rotatable bonds is 9. The molecule has 1 aromatic rings. The first-order valence-electron chi connectivity index (χ1n) is 8.52. The second kappa shape index (κ2) is 10.8. The normalized spacial score (nSPS) is 14.9. The highest BCUT2D eigenvalue weighted by atomic mass is 16.5. The molecule has 1 fully saturated rings. The second-order valence-electron chi connectivity index (χ2n) is 5.74. The number of pyridine rings is 1. The van der Waals surface area contributed by atoms with Gasteiger partial charge >= 0.3 is 0 Å². The van der Waals surface area contributed by atoms with Crippen LogP contribution in [-0.2, 0) is 9.47 Å². The number of methoxy groups -OCH3 is 1. The highest BCUT2D eigenvalue weighted by Crippen LogP contribution is 2.02. The Morgan fingerprint density at radius 3 is 2.76 bits per heavy atom. The molecular weight excluding hydrogens is 324 g/mol. The van der Waals surface area contributed by atoms with E-state index in [1.807, 2.05) is 0 Å². The van der Waals surface area contributed by atoms with Crippen molar-refractivity contribution < 1.29 is 19.1 Å². The number of carbonyl (C=O) groups is 2. The average Bonchev–Trinajstić information content (AvgIpc) is 2.66. The van der Waals surface area contributed by atoms with Gasteiger partial charge in [-0.15, -0.1) is 0 Å². The van der Waals surface area contributed by atoms with E-state index < -0.39 is 0 Å². The fourth-order valence-corrected chi connectivity index (χ4v) is 2.46. The van der Waals surface area contributed by atoms with Gasteiger partial charge in [-0.25, -0.2) is 0 Å². The lowest BCUT2D eigenvalue weighted by Gasteiger charge is -2.26. The Morgan fingerprint density at radius 1 is 1.24 bits per heavy atom. The molecule has 0 aromatic carbocycles. The second-order valence-corrected chi connectivity index (χ2v) is 5.74. The van der Waals surface area contributed by atoms with Gasteiger partial charge in [0.05, 0.1) is 13.2 Å². The van der Waals surface area contributed by atoms with Crippen molar-refractivity contribution in [3.63, 3.8) is 0 Å². The van der Waals surface area contributed by atoms with Crippen LogP contribution in [0.1, 0.15) is 27.3 Å². The first-order valence-corrected chi connectivity index (χ1v) is 8.52. The number of nitrogens with one attached hydrogen (secondary N) is 2. The molecule has 138 valence electrons. The summed E-state index contributed by atoms with van der Waals surface area (Å²) in [7, 11) is 1.62. The quantitative estimate of drug-likeness (QED) is 0.605. The molecule has 1 aromatic heterocycles. The van der Waals surface area contributed by atoms with Gasteiger partial charge in [0.15, 0.2) is 0 Å². The van der Waals surface area contributed by atoms with Gasteiger partial charge in [-0.1, -0.05) is 0 Å². The third kappa shape index (κ3) is 6.77. The molecule has 0 atom stereocenters. The van der Waals surface area contributed by atoms with Gasteiger partial charge in [0.1, 0.15) is 5.69 Å². The molecule has 2 heterocycles. The van der Waals surface area contributed by atoms with E-state index in [0.29, 0.717) is 25.3 Å². The third-order valence-corrected chi connectivity index (χ3v) is 3.88. The van der Waals surface area contributed by atoms with E-state index in [0.717, 1.165) is 39.3 Å². The Labute approximate surface area is 147 Å². The smallest absolute Gasteiger partial charge is 0.269 e. The molecule has 0 unspecified atom stereocenters. The zero-order valence-corrected chi connectivity index (χ0v) is 14.6. The highest BCUT2D eigenvalue weighted by molar-refractivity contribution is 5.98. The van der Waals surface area contributed by atoms with Crippen molar-refractivity contribution in [2.24, 2.45) is 0 Å². The summed E-state index contributed by atoms with van der Waals surface area (Å²) in [6, 6.07) is 3.11. The highest BCUT2D eigenvalue weighted by Gasteiger charge is 2.13. The van der Waals surface area contributed by atoms with Crippen molar-refractivity contribution in [1.29, 1.82) is 0 Å². The van der Waals surface area contributed by atoms with E-state index in [1.165, 1.54) is 12.3 Å². The van der Waals surface area contributed by atoms with Crippen molar-refractivity contribution in [3.8, 4) is 0 Å². The summed E-state index contributed by atoms with van der Waals surface area (Å²) < 4.78 is 10.2. The van der Waals surface area contributed by atoms with Gasteiger partial charge in [0.2, 0.25) is 0 Å². The Kier molecular flexibility index (Phi) is 8.30. The van der Waals surface area contributed by atoms with Gasteiger partial charge in [-0.3, -0.25) is 19.5 Å². The van der Waals surface area contributed by atoms with Crippen molar-refractivity contribution >= 4 is 11.8 Å². The topological polar surface area (TPSA) is 92.8 Å². The van der Waals surface area contributed by atoms with Crippen molar-refractivity contribution in [2.75, 3.05) is 59.7 Å². The minimum absolute atomic E-state index is 0.205. The number of amides is 2. The van der Waals surface area contributed by atoms with Crippen LogP contribution in [0.4, 0.5) is 0 Å². The molecule has 0 bridgehead atoms. The molecule has 2 N–H and O–H groups in total. The zero-order valence-electron chi connectivity index (χ0n) is 14.6. The van der Waals surface area contributed by atoms with E-state index in [2.05, 4.69) is 20.5 Å². The molecule has 0 saturated carbocycles. The Balaban J connectivity index is 1.78. The monoisotopic (exact) mass is 350 g/mol. The Bertz CT molecular complexity index is 561. The molecular formula is C17H26N4O4. The standard InChI is InChI=1S/C17H26N4O4/c1-24-10-2-4-19-17(23)15-13-14(3-5-18-15)16(22)20-6-7-21-8-11-25-12-9-21/h3,5,13H,2,4,6-12H2,1H3,(H,19,23)(H,20,22). The van der Waals surface area contributed by atoms with Crippen LogP contribution in [0, 0.1) is 0 Å². The maximum atomic E-state index is 12.2. The van der Waals surface area contributed by atoms with E-state index in [-0.39, 0.29) is 17.5 Å². The number of hydrogen-bond acceptors (Lipinski definition) is 6. The van der Waals surface area contributed by atoms with Gasteiger partial charge in [0, 0.05) is 58.2 Å². The summed E-state index contributed by atoms with van der Waals surface area (Å²) in [5.74, 6) is -0.497. The van der Waals surface area contributed by atoms with Crippen LogP contribution in [0.25, 0.3) is 0 Å². The van der Waals surface area contributed by atoms with Gasteiger partial charge in [-0.05, 0) is 18.6 Å². The number of aromatic nitrogens is 1. The summed E-state index contributed by atoms with van der Waals surface area (Å²) in [6.07, 6.45) is 2.20. The van der Waals surface area contributed by atoms with Gasteiger partial charge < -0.3 is 20.1 Å². The zero-order chi connectivity index (χ0) is 17.9. The van der Waals surface area contributed by atoms with Crippen LogP contribution < -0.4 is 10.6 Å². The molecule has 1 aliphatic rings. The lowest BCUT2D eigenvalue weighted by atomic mass is 10.2. The SMILES string of the molecule is COCCCNC(=O)c1cc(C(=O)NCCN2CCOCC2)ccn1. The molecule has 2 amide bonds. The number of ether oxygens (including phenoxy) is 2. The number of carbonyl (C=O) groups excluding carboxylic acids is 2. The first-order chi connectivity index (χ1) is 12.2. The molecule has 25 heavy (non-hydrogen) atoms. The summed E-state index contributed by atoms with van der Waals surface area (Å²) in [6.45, 7) is 5.68. The molecule has 8 nitrogen and oxygen atoms in total. The predicted octanol–water partition coefficient (Wildman–Crippen LogP) is -0.0901.